The van der Waals surface area contributed by atoms with E-state index >= 15 is 0 Å². The van der Waals surface area contributed by atoms with Gasteiger partial charge in [-0.15, -0.1) is 0 Å². The highest BCUT2D eigenvalue weighted by Gasteiger charge is 2.23. The van der Waals surface area contributed by atoms with Crippen LogP contribution in [0.5, 0.6) is 0 Å². The summed E-state index contributed by atoms with van der Waals surface area (Å²) < 4.78 is 1.68. The van der Waals surface area contributed by atoms with Crippen molar-refractivity contribution in [3.63, 3.8) is 0 Å². The Bertz CT molecular complexity index is 818. The molecule has 0 aliphatic carbocycles. The van der Waals surface area contributed by atoms with Crippen molar-refractivity contribution in [3.8, 4) is 5.69 Å². The van der Waals surface area contributed by atoms with Gasteiger partial charge in [0.05, 0.1) is 11.7 Å². The molecule has 0 fully saturated rings. The molecule has 1 amide bonds. The maximum atomic E-state index is 12.9. The predicted molar refractivity (Wildman–Crippen MR) is 94.3 cm³/mol. The summed E-state index contributed by atoms with van der Waals surface area (Å²) in [5, 5.41) is 13.6. The number of carbonyl (C=O) groups is 1. The summed E-state index contributed by atoms with van der Waals surface area (Å²) in [5.41, 5.74) is 2.10. The van der Waals surface area contributed by atoms with Crippen LogP contribution in [0.4, 0.5) is 0 Å². The summed E-state index contributed by atoms with van der Waals surface area (Å²) in [4.78, 5) is 18.7. The van der Waals surface area contributed by atoms with Crippen LogP contribution < -0.4 is 0 Å². The average molecular weight is 336 g/mol. The van der Waals surface area contributed by atoms with Gasteiger partial charge in [-0.25, -0.2) is 4.68 Å². The third kappa shape index (κ3) is 3.75. The van der Waals surface area contributed by atoms with E-state index in [1.807, 2.05) is 42.6 Å². The molecular formula is C19H20N4O2. The van der Waals surface area contributed by atoms with Crippen molar-refractivity contribution < 1.29 is 9.90 Å². The van der Waals surface area contributed by atoms with Gasteiger partial charge >= 0.3 is 0 Å². The second-order valence-corrected chi connectivity index (χ2v) is 5.70. The molecule has 2 aromatic heterocycles. The average Bonchev–Trinajstić information content (AvgIpc) is 3.20. The van der Waals surface area contributed by atoms with E-state index in [0.717, 1.165) is 11.3 Å². The molecule has 0 saturated carbocycles. The fraction of sp³-hybridized carbons (Fsp3) is 0.211. The highest BCUT2D eigenvalue weighted by atomic mass is 16.3. The molecule has 1 N–H and O–H groups in total. The Hall–Kier alpha value is -2.99. The Morgan fingerprint density at radius 1 is 1.20 bits per heavy atom. The number of benzene rings is 1. The Labute approximate surface area is 146 Å². The number of hydrogen-bond acceptors (Lipinski definition) is 4. The summed E-state index contributed by atoms with van der Waals surface area (Å²) >= 11 is 0. The Balaban J connectivity index is 1.87. The van der Waals surface area contributed by atoms with E-state index in [-0.39, 0.29) is 18.6 Å². The smallest absolute Gasteiger partial charge is 0.272 e. The molecule has 0 aliphatic heterocycles. The minimum atomic E-state index is -0.214. The van der Waals surface area contributed by atoms with Crippen LogP contribution in [-0.4, -0.2) is 44.3 Å². The van der Waals surface area contributed by atoms with E-state index in [2.05, 4.69) is 10.1 Å². The van der Waals surface area contributed by atoms with Crippen LogP contribution in [0.25, 0.3) is 5.69 Å². The van der Waals surface area contributed by atoms with Gasteiger partial charge in [0.1, 0.15) is 5.69 Å². The molecule has 0 bridgehead atoms. The standard InChI is InChI=1S/C19H20N4O2/c1-22(18(9-13-24)15-6-3-2-4-7-15)19(25)17-14-16(8-11-20-17)23-12-5-10-21-23/h2-8,10-12,14,18,24H,9,13H2,1H3. The van der Waals surface area contributed by atoms with Gasteiger partial charge in [0, 0.05) is 32.2 Å². The highest BCUT2D eigenvalue weighted by molar-refractivity contribution is 5.92. The first kappa shape index (κ1) is 16.9. The number of carbonyl (C=O) groups excluding carboxylic acids is 1. The molecule has 3 aromatic rings. The van der Waals surface area contributed by atoms with Crippen molar-refractivity contribution in [3.05, 3.63) is 78.4 Å². The van der Waals surface area contributed by atoms with Gasteiger partial charge < -0.3 is 10.0 Å². The molecule has 6 nitrogen and oxygen atoms in total. The lowest BCUT2D eigenvalue weighted by atomic mass is 10.0. The molecule has 0 radical (unpaired) electrons. The van der Waals surface area contributed by atoms with E-state index in [1.165, 1.54) is 0 Å². The SMILES string of the molecule is CN(C(=O)c1cc(-n2cccn2)ccn1)C(CCO)c1ccccc1. The minimum absolute atomic E-state index is 0.00205. The number of nitrogens with zero attached hydrogens (tertiary/aromatic N) is 4. The molecule has 1 aromatic carbocycles. The molecule has 0 saturated heterocycles. The molecule has 6 heteroatoms. The molecule has 1 unspecified atom stereocenters. The molecule has 2 heterocycles. The quantitative estimate of drug-likeness (QED) is 0.751. The first-order valence-electron chi connectivity index (χ1n) is 8.09. The lowest BCUT2D eigenvalue weighted by Crippen LogP contribution is -2.32. The summed E-state index contributed by atoms with van der Waals surface area (Å²) in [5.74, 6) is -0.198. The van der Waals surface area contributed by atoms with Gasteiger partial charge in [-0.3, -0.25) is 9.78 Å². The number of aromatic nitrogens is 3. The van der Waals surface area contributed by atoms with Crippen molar-refractivity contribution in [1.29, 1.82) is 0 Å². The van der Waals surface area contributed by atoms with E-state index in [4.69, 9.17) is 0 Å². The predicted octanol–water partition coefficient (Wildman–Crippen LogP) is 2.46. The van der Waals surface area contributed by atoms with Crippen LogP contribution in [0.2, 0.25) is 0 Å². The van der Waals surface area contributed by atoms with Gasteiger partial charge in [-0.2, -0.15) is 5.10 Å². The van der Waals surface area contributed by atoms with Gasteiger partial charge in [-0.05, 0) is 30.2 Å². The van der Waals surface area contributed by atoms with E-state index in [9.17, 15) is 9.90 Å². The zero-order chi connectivity index (χ0) is 17.6. The zero-order valence-corrected chi connectivity index (χ0v) is 14.0. The number of rotatable bonds is 6. The highest BCUT2D eigenvalue weighted by Crippen LogP contribution is 2.24. The summed E-state index contributed by atoms with van der Waals surface area (Å²) in [7, 11) is 1.73. The Kier molecular flexibility index (Phi) is 5.20. The lowest BCUT2D eigenvalue weighted by Gasteiger charge is -2.28. The number of aliphatic hydroxyl groups is 1. The van der Waals surface area contributed by atoms with Crippen molar-refractivity contribution >= 4 is 5.91 Å². The minimum Gasteiger partial charge on any atom is -0.396 e. The topological polar surface area (TPSA) is 71.2 Å². The molecule has 25 heavy (non-hydrogen) atoms. The monoisotopic (exact) mass is 336 g/mol. The molecule has 0 spiro atoms. The van der Waals surface area contributed by atoms with Gasteiger partial charge in [0.15, 0.2) is 0 Å². The van der Waals surface area contributed by atoms with Crippen LogP contribution in [-0.2, 0) is 0 Å². The summed E-state index contributed by atoms with van der Waals surface area (Å²) in [6.07, 6.45) is 5.55. The Morgan fingerprint density at radius 3 is 2.68 bits per heavy atom. The molecule has 0 aliphatic rings. The first-order chi connectivity index (χ1) is 12.2. The van der Waals surface area contributed by atoms with Gasteiger partial charge in [0.25, 0.3) is 5.91 Å². The maximum Gasteiger partial charge on any atom is 0.272 e. The third-order valence-corrected chi connectivity index (χ3v) is 4.11. The van der Waals surface area contributed by atoms with E-state index in [1.54, 1.807) is 41.2 Å². The summed E-state index contributed by atoms with van der Waals surface area (Å²) in [6, 6.07) is 14.8. The third-order valence-electron chi connectivity index (χ3n) is 4.11. The van der Waals surface area contributed by atoms with Crippen molar-refractivity contribution in [2.24, 2.45) is 0 Å². The van der Waals surface area contributed by atoms with Crippen molar-refractivity contribution in [2.75, 3.05) is 13.7 Å². The van der Waals surface area contributed by atoms with Crippen molar-refractivity contribution in [1.82, 2.24) is 19.7 Å². The van der Waals surface area contributed by atoms with E-state index in [0.29, 0.717) is 12.1 Å². The lowest BCUT2D eigenvalue weighted by molar-refractivity contribution is 0.0699. The van der Waals surface area contributed by atoms with Crippen LogP contribution in [0.1, 0.15) is 28.5 Å². The molecule has 3 rings (SSSR count). The second kappa shape index (κ2) is 7.72. The van der Waals surface area contributed by atoms with Crippen LogP contribution in [0.15, 0.2) is 67.1 Å². The number of pyridine rings is 1. The van der Waals surface area contributed by atoms with Gasteiger partial charge in [-0.1, -0.05) is 30.3 Å². The van der Waals surface area contributed by atoms with Crippen molar-refractivity contribution in [2.45, 2.75) is 12.5 Å². The largest absolute Gasteiger partial charge is 0.396 e. The first-order valence-corrected chi connectivity index (χ1v) is 8.09. The summed E-state index contributed by atoms with van der Waals surface area (Å²) in [6.45, 7) is -0.00205. The van der Waals surface area contributed by atoms with E-state index < -0.39 is 0 Å². The second-order valence-electron chi connectivity index (χ2n) is 5.70. The molecule has 128 valence electrons. The normalized spacial score (nSPS) is 11.9. The number of amides is 1. The molecule has 1 atom stereocenters. The van der Waals surface area contributed by atoms with Gasteiger partial charge in [0.2, 0.25) is 0 Å². The number of aliphatic hydroxyl groups excluding tert-OH is 1. The fourth-order valence-corrected chi connectivity index (χ4v) is 2.80. The van der Waals surface area contributed by atoms with Crippen LogP contribution in [0, 0.1) is 0 Å². The zero-order valence-electron chi connectivity index (χ0n) is 14.0. The van der Waals surface area contributed by atoms with Crippen LogP contribution in [0.3, 0.4) is 0 Å². The van der Waals surface area contributed by atoms with Crippen LogP contribution >= 0.6 is 0 Å². The molecular weight excluding hydrogens is 316 g/mol. The number of hydrogen-bond donors (Lipinski definition) is 1. The Morgan fingerprint density at radius 2 is 2.00 bits per heavy atom. The fourth-order valence-electron chi connectivity index (χ4n) is 2.80. The maximum absolute atomic E-state index is 12.9.